The molecule has 2 aromatic rings. The molecule has 6 heteroatoms. The van der Waals surface area contributed by atoms with Gasteiger partial charge >= 0.3 is 5.97 Å². The summed E-state index contributed by atoms with van der Waals surface area (Å²) in [6.07, 6.45) is 1.06. The molecule has 0 bridgehead atoms. The molecule has 140 valence electrons. The number of rotatable bonds is 8. The Morgan fingerprint density at radius 1 is 0.962 bits per heavy atom. The van der Waals surface area contributed by atoms with Gasteiger partial charge in [-0.1, -0.05) is 43.1 Å². The number of carbonyl (C=O) groups excluding carboxylic acids is 1. The van der Waals surface area contributed by atoms with E-state index >= 15 is 0 Å². The van der Waals surface area contributed by atoms with Gasteiger partial charge in [-0.3, -0.25) is 4.79 Å². The van der Waals surface area contributed by atoms with Gasteiger partial charge in [0.2, 0.25) is 0 Å². The van der Waals surface area contributed by atoms with Crippen molar-refractivity contribution in [1.82, 2.24) is 0 Å². The smallest absolute Gasteiger partial charge is 0.310 e. The van der Waals surface area contributed by atoms with Crippen LogP contribution in [0.25, 0.3) is 0 Å². The number of benzene rings is 2. The zero-order chi connectivity index (χ0) is 19.1. The second-order valence-corrected chi connectivity index (χ2v) is 6.32. The zero-order valence-corrected chi connectivity index (χ0v) is 16.6. The first-order valence-electron chi connectivity index (χ1n) is 8.56. The molecule has 4 nitrogen and oxygen atoms in total. The molecule has 2 aromatic carbocycles. The van der Waals surface area contributed by atoms with Gasteiger partial charge in [-0.15, -0.1) is 0 Å². The minimum atomic E-state index is -0.326. The molecule has 2 rings (SSSR count). The van der Waals surface area contributed by atoms with Crippen LogP contribution in [0.1, 0.15) is 38.3 Å². The highest BCUT2D eigenvalue weighted by Crippen LogP contribution is 2.35. The summed E-state index contributed by atoms with van der Waals surface area (Å²) in [5.41, 5.74) is 1.60. The van der Waals surface area contributed by atoms with Gasteiger partial charge in [-0.05, 0) is 37.1 Å². The molecule has 0 amide bonds. The molecule has 0 saturated heterocycles. The molecule has 0 aliphatic rings. The van der Waals surface area contributed by atoms with E-state index in [0.29, 0.717) is 39.5 Å². The topological polar surface area (TPSA) is 44.8 Å². The molecule has 0 atom stereocenters. The Hall–Kier alpha value is -1.91. The molecule has 0 unspecified atom stereocenters. The molecular formula is C20H22Cl2O4. The number of aryl methyl sites for hydroxylation is 1. The standard InChI is InChI=1S/C20H22Cl2O4/c1-4-13-10-16(22)19(11-15(13)21)25-12-14-17(24-6-3)8-7-9-18(14)26-20(23)5-2/h7-11H,4-6,12H2,1-3H3. The van der Waals surface area contributed by atoms with Gasteiger partial charge in [0.15, 0.2) is 0 Å². The van der Waals surface area contributed by atoms with E-state index in [1.165, 1.54) is 0 Å². The Balaban J connectivity index is 2.30. The lowest BCUT2D eigenvalue weighted by Gasteiger charge is -2.16. The summed E-state index contributed by atoms with van der Waals surface area (Å²) in [5.74, 6) is 1.15. The lowest BCUT2D eigenvalue weighted by atomic mass is 10.1. The Kier molecular flexibility index (Phi) is 7.61. The molecule has 0 saturated carbocycles. The Bertz CT molecular complexity index is 775. The van der Waals surface area contributed by atoms with E-state index in [-0.39, 0.29) is 19.0 Å². The van der Waals surface area contributed by atoms with E-state index < -0.39 is 0 Å². The summed E-state index contributed by atoms with van der Waals surface area (Å²) in [7, 11) is 0. The number of esters is 1. The van der Waals surface area contributed by atoms with Gasteiger partial charge in [0.05, 0.1) is 17.2 Å². The fourth-order valence-corrected chi connectivity index (χ4v) is 2.90. The van der Waals surface area contributed by atoms with Crippen LogP contribution in [0, 0.1) is 0 Å². The van der Waals surface area contributed by atoms with Gasteiger partial charge in [0, 0.05) is 17.5 Å². The molecule has 0 aliphatic carbocycles. The number of ether oxygens (including phenoxy) is 3. The minimum absolute atomic E-state index is 0.129. The lowest BCUT2D eigenvalue weighted by Crippen LogP contribution is -2.10. The van der Waals surface area contributed by atoms with E-state index in [1.807, 2.05) is 13.8 Å². The van der Waals surface area contributed by atoms with Gasteiger partial charge in [-0.2, -0.15) is 0 Å². The van der Waals surface area contributed by atoms with Crippen LogP contribution in [-0.2, 0) is 17.8 Å². The van der Waals surface area contributed by atoms with Crippen molar-refractivity contribution in [2.75, 3.05) is 6.61 Å². The molecule has 0 spiro atoms. The van der Waals surface area contributed by atoms with Crippen LogP contribution in [0.2, 0.25) is 10.0 Å². The van der Waals surface area contributed by atoms with Gasteiger partial charge < -0.3 is 14.2 Å². The van der Waals surface area contributed by atoms with Crippen LogP contribution < -0.4 is 14.2 Å². The number of hydrogen-bond donors (Lipinski definition) is 0. The van der Waals surface area contributed by atoms with E-state index in [4.69, 9.17) is 37.4 Å². The van der Waals surface area contributed by atoms with Gasteiger partial charge in [-0.25, -0.2) is 0 Å². The minimum Gasteiger partial charge on any atom is -0.493 e. The summed E-state index contributed by atoms with van der Waals surface area (Å²) < 4.78 is 16.9. The maximum absolute atomic E-state index is 11.7. The summed E-state index contributed by atoms with van der Waals surface area (Å²) in [6, 6.07) is 8.78. The summed E-state index contributed by atoms with van der Waals surface area (Å²) in [5, 5.41) is 1.08. The van der Waals surface area contributed by atoms with Crippen LogP contribution in [0.15, 0.2) is 30.3 Å². The average molecular weight is 397 g/mol. The van der Waals surface area contributed by atoms with Crippen LogP contribution in [-0.4, -0.2) is 12.6 Å². The highest BCUT2D eigenvalue weighted by Gasteiger charge is 2.16. The fourth-order valence-electron chi connectivity index (χ4n) is 2.37. The van der Waals surface area contributed by atoms with E-state index in [0.717, 1.165) is 12.0 Å². The number of hydrogen-bond acceptors (Lipinski definition) is 4. The Labute approximate surface area is 164 Å². The van der Waals surface area contributed by atoms with Crippen molar-refractivity contribution in [2.24, 2.45) is 0 Å². The van der Waals surface area contributed by atoms with Crippen LogP contribution in [0.4, 0.5) is 0 Å². The molecule has 0 heterocycles. The molecular weight excluding hydrogens is 375 g/mol. The van der Waals surface area contributed by atoms with Crippen molar-refractivity contribution >= 4 is 29.2 Å². The van der Waals surface area contributed by atoms with Crippen LogP contribution in [0.3, 0.4) is 0 Å². The normalized spacial score (nSPS) is 10.5. The number of halogens is 2. The van der Waals surface area contributed by atoms with E-state index in [2.05, 4.69) is 0 Å². The number of carbonyl (C=O) groups is 1. The highest BCUT2D eigenvalue weighted by molar-refractivity contribution is 6.34. The Morgan fingerprint density at radius 2 is 1.69 bits per heavy atom. The van der Waals surface area contributed by atoms with Crippen molar-refractivity contribution in [1.29, 1.82) is 0 Å². The first-order valence-corrected chi connectivity index (χ1v) is 9.31. The molecule has 0 fully saturated rings. The second kappa shape index (κ2) is 9.70. The summed E-state index contributed by atoms with van der Waals surface area (Å²) >= 11 is 12.5. The second-order valence-electron chi connectivity index (χ2n) is 5.51. The lowest BCUT2D eigenvalue weighted by molar-refractivity contribution is -0.134. The quantitative estimate of drug-likeness (QED) is 0.414. The van der Waals surface area contributed by atoms with Gasteiger partial charge in [0.25, 0.3) is 0 Å². The third kappa shape index (κ3) is 5.05. The van der Waals surface area contributed by atoms with E-state index in [9.17, 15) is 4.79 Å². The third-order valence-electron chi connectivity index (χ3n) is 3.76. The zero-order valence-electron chi connectivity index (χ0n) is 15.1. The monoisotopic (exact) mass is 396 g/mol. The maximum atomic E-state index is 11.7. The highest BCUT2D eigenvalue weighted by atomic mass is 35.5. The SMILES string of the molecule is CCOc1cccc(OC(=O)CC)c1COc1cc(Cl)c(CC)cc1Cl. The van der Waals surface area contributed by atoms with Crippen molar-refractivity contribution in [3.8, 4) is 17.2 Å². The predicted molar refractivity (Wildman–Crippen MR) is 104 cm³/mol. The maximum Gasteiger partial charge on any atom is 0.310 e. The summed E-state index contributed by atoms with van der Waals surface area (Å²) in [4.78, 5) is 11.7. The molecule has 26 heavy (non-hydrogen) atoms. The molecule has 0 aliphatic heterocycles. The molecule has 0 N–H and O–H groups in total. The van der Waals surface area contributed by atoms with E-state index in [1.54, 1.807) is 37.3 Å². The van der Waals surface area contributed by atoms with Crippen molar-refractivity contribution in [2.45, 2.75) is 40.2 Å². The molecule has 0 radical (unpaired) electrons. The third-order valence-corrected chi connectivity index (χ3v) is 4.40. The largest absolute Gasteiger partial charge is 0.493 e. The first-order chi connectivity index (χ1) is 12.5. The van der Waals surface area contributed by atoms with Crippen LogP contribution >= 0.6 is 23.2 Å². The first kappa shape index (κ1) is 20.4. The fraction of sp³-hybridized carbons (Fsp3) is 0.350. The van der Waals surface area contributed by atoms with Crippen molar-refractivity contribution in [3.63, 3.8) is 0 Å². The Morgan fingerprint density at radius 3 is 2.35 bits per heavy atom. The van der Waals surface area contributed by atoms with Crippen molar-refractivity contribution in [3.05, 3.63) is 51.5 Å². The van der Waals surface area contributed by atoms with Crippen LogP contribution in [0.5, 0.6) is 17.2 Å². The van der Waals surface area contributed by atoms with Gasteiger partial charge in [0.1, 0.15) is 23.9 Å². The summed E-state index contributed by atoms with van der Waals surface area (Å²) in [6.45, 7) is 6.24. The molecule has 0 aromatic heterocycles. The average Bonchev–Trinajstić information content (AvgIpc) is 2.63. The predicted octanol–water partition coefficient (Wildman–Crippen LogP) is 5.85. The van der Waals surface area contributed by atoms with Crippen molar-refractivity contribution < 1.29 is 19.0 Å².